The summed E-state index contributed by atoms with van der Waals surface area (Å²) in [4.78, 5) is 10.7. The molecule has 0 heterocycles. The highest BCUT2D eigenvalue weighted by Gasteiger charge is 2.16. The Morgan fingerprint density at radius 1 is 1.33 bits per heavy atom. The minimum atomic E-state index is -0.343. The van der Waals surface area contributed by atoms with Gasteiger partial charge in [0.15, 0.2) is 0 Å². The molecule has 1 saturated carbocycles. The maximum absolute atomic E-state index is 11.0. The van der Waals surface area contributed by atoms with E-state index < -0.39 is 0 Å². The van der Waals surface area contributed by atoms with Crippen LogP contribution in [0.4, 0.5) is 11.4 Å². The lowest BCUT2D eigenvalue weighted by atomic mass is 9.98. The summed E-state index contributed by atoms with van der Waals surface area (Å²) < 4.78 is 5.93. The fourth-order valence-corrected chi connectivity index (χ4v) is 2.68. The first kappa shape index (κ1) is 15.8. The Morgan fingerprint density at radius 2 is 2.10 bits per heavy atom. The molecule has 0 bridgehead atoms. The summed E-state index contributed by atoms with van der Waals surface area (Å²) in [6.07, 6.45) is 7.34. The van der Waals surface area contributed by atoms with Gasteiger partial charge in [-0.25, -0.2) is 0 Å². The Balaban J connectivity index is 2.00. The Morgan fingerprint density at radius 3 is 2.76 bits per heavy atom. The Labute approximate surface area is 125 Å². The molecule has 1 aliphatic rings. The van der Waals surface area contributed by atoms with Crippen molar-refractivity contribution in [3.63, 3.8) is 0 Å². The first-order valence-corrected chi connectivity index (χ1v) is 7.83. The second kappa shape index (κ2) is 7.98. The Hall–Kier alpha value is -1.62. The minimum absolute atomic E-state index is 0.130. The number of rotatable bonds is 7. The molecule has 1 aromatic rings. The van der Waals surface area contributed by atoms with Gasteiger partial charge in [0.1, 0.15) is 5.69 Å². The van der Waals surface area contributed by atoms with E-state index in [1.807, 2.05) is 13.0 Å². The third-order valence-electron chi connectivity index (χ3n) is 3.86. The van der Waals surface area contributed by atoms with Crippen molar-refractivity contribution < 1.29 is 9.66 Å². The number of hydrogen-bond acceptors (Lipinski definition) is 4. The molecule has 5 heteroatoms. The molecule has 0 saturated heterocycles. The second-order valence-electron chi connectivity index (χ2n) is 5.61. The van der Waals surface area contributed by atoms with Gasteiger partial charge < -0.3 is 10.1 Å². The number of anilines is 1. The quantitative estimate of drug-likeness (QED) is 0.602. The molecule has 1 aliphatic carbocycles. The summed E-state index contributed by atoms with van der Waals surface area (Å²) in [6.45, 7) is 3.30. The molecule has 2 rings (SSSR count). The second-order valence-corrected chi connectivity index (χ2v) is 5.61. The molecule has 0 radical (unpaired) electrons. The normalized spacial score (nSPS) is 15.9. The van der Waals surface area contributed by atoms with Gasteiger partial charge in [0.2, 0.25) is 0 Å². The van der Waals surface area contributed by atoms with Crippen molar-refractivity contribution in [3.05, 3.63) is 33.9 Å². The topological polar surface area (TPSA) is 64.4 Å². The van der Waals surface area contributed by atoms with Crippen LogP contribution in [0.1, 0.15) is 51.0 Å². The van der Waals surface area contributed by atoms with E-state index in [1.165, 1.54) is 19.3 Å². The first-order chi connectivity index (χ1) is 10.2. The predicted molar refractivity (Wildman–Crippen MR) is 83.5 cm³/mol. The van der Waals surface area contributed by atoms with Crippen LogP contribution in [0.2, 0.25) is 0 Å². The molecular weight excluding hydrogens is 268 g/mol. The summed E-state index contributed by atoms with van der Waals surface area (Å²) in [6, 6.07) is 5.20. The van der Waals surface area contributed by atoms with Crippen LogP contribution >= 0.6 is 0 Å². The van der Waals surface area contributed by atoms with Crippen molar-refractivity contribution in [2.45, 2.75) is 58.2 Å². The highest BCUT2D eigenvalue weighted by molar-refractivity contribution is 5.62. The van der Waals surface area contributed by atoms with Gasteiger partial charge in [0, 0.05) is 12.6 Å². The van der Waals surface area contributed by atoms with Crippen LogP contribution in [-0.4, -0.2) is 17.6 Å². The van der Waals surface area contributed by atoms with Gasteiger partial charge in [-0.15, -0.1) is 0 Å². The monoisotopic (exact) mass is 292 g/mol. The molecule has 5 nitrogen and oxygen atoms in total. The van der Waals surface area contributed by atoms with Crippen LogP contribution in [-0.2, 0) is 11.3 Å². The lowest BCUT2D eigenvalue weighted by Gasteiger charge is -2.22. The van der Waals surface area contributed by atoms with Crippen molar-refractivity contribution in [2.75, 3.05) is 11.9 Å². The van der Waals surface area contributed by atoms with Gasteiger partial charge in [-0.2, -0.15) is 0 Å². The third-order valence-corrected chi connectivity index (χ3v) is 3.86. The van der Waals surface area contributed by atoms with Crippen LogP contribution in [0, 0.1) is 10.1 Å². The fourth-order valence-electron chi connectivity index (χ4n) is 2.68. The lowest BCUT2D eigenvalue weighted by Crippen LogP contribution is -2.16. The first-order valence-electron chi connectivity index (χ1n) is 7.83. The van der Waals surface area contributed by atoms with Crippen LogP contribution in [0.15, 0.2) is 18.2 Å². The average molecular weight is 292 g/mol. The molecule has 0 amide bonds. The summed E-state index contributed by atoms with van der Waals surface area (Å²) in [5.41, 5.74) is 1.71. The van der Waals surface area contributed by atoms with Crippen molar-refractivity contribution in [3.8, 4) is 0 Å². The zero-order chi connectivity index (χ0) is 15.1. The van der Waals surface area contributed by atoms with E-state index in [0.717, 1.165) is 31.4 Å². The van der Waals surface area contributed by atoms with Gasteiger partial charge in [-0.05, 0) is 37.0 Å². The molecule has 0 spiro atoms. The fraction of sp³-hybridized carbons (Fsp3) is 0.625. The van der Waals surface area contributed by atoms with Crippen LogP contribution < -0.4 is 5.32 Å². The SMILES string of the molecule is CCCNc1cc(COC2CCCCC2)ccc1[N+](=O)[O-]. The van der Waals surface area contributed by atoms with E-state index in [9.17, 15) is 10.1 Å². The van der Waals surface area contributed by atoms with Gasteiger partial charge in [-0.1, -0.05) is 26.2 Å². The maximum Gasteiger partial charge on any atom is 0.292 e. The molecule has 0 aliphatic heterocycles. The van der Waals surface area contributed by atoms with E-state index in [2.05, 4.69) is 5.32 Å². The van der Waals surface area contributed by atoms with Gasteiger partial charge in [-0.3, -0.25) is 10.1 Å². The Bertz CT molecular complexity index is 471. The Kier molecular flexibility index (Phi) is 5.99. The van der Waals surface area contributed by atoms with Crippen LogP contribution in [0.25, 0.3) is 0 Å². The minimum Gasteiger partial charge on any atom is -0.379 e. The maximum atomic E-state index is 11.0. The van der Waals surface area contributed by atoms with Crippen molar-refractivity contribution in [1.29, 1.82) is 0 Å². The van der Waals surface area contributed by atoms with Crippen LogP contribution in [0.5, 0.6) is 0 Å². The largest absolute Gasteiger partial charge is 0.379 e. The van der Waals surface area contributed by atoms with Crippen molar-refractivity contribution in [2.24, 2.45) is 0 Å². The molecular formula is C16H24N2O3. The van der Waals surface area contributed by atoms with E-state index in [4.69, 9.17) is 4.74 Å². The van der Waals surface area contributed by atoms with Crippen LogP contribution in [0.3, 0.4) is 0 Å². The number of ether oxygens (including phenoxy) is 1. The van der Waals surface area contributed by atoms with Crippen molar-refractivity contribution in [1.82, 2.24) is 0 Å². The molecule has 0 atom stereocenters. The zero-order valence-corrected chi connectivity index (χ0v) is 12.6. The van der Waals surface area contributed by atoms with E-state index in [1.54, 1.807) is 12.1 Å². The zero-order valence-electron chi connectivity index (χ0n) is 12.6. The van der Waals surface area contributed by atoms with E-state index in [0.29, 0.717) is 18.4 Å². The van der Waals surface area contributed by atoms with E-state index >= 15 is 0 Å². The number of nitrogens with one attached hydrogen (secondary N) is 1. The number of nitrogens with zero attached hydrogens (tertiary/aromatic N) is 1. The van der Waals surface area contributed by atoms with E-state index in [-0.39, 0.29) is 10.6 Å². The number of benzene rings is 1. The highest BCUT2D eigenvalue weighted by Crippen LogP contribution is 2.27. The molecule has 116 valence electrons. The standard InChI is InChI=1S/C16H24N2O3/c1-2-10-17-15-11-13(8-9-16(15)18(19)20)12-21-14-6-4-3-5-7-14/h8-9,11,14,17H,2-7,10,12H2,1H3. The number of hydrogen-bond donors (Lipinski definition) is 1. The molecule has 1 aromatic carbocycles. The number of nitro groups is 1. The lowest BCUT2D eigenvalue weighted by molar-refractivity contribution is -0.384. The predicted octanol–water partition coefficient (Wildman–Crippen LogP) is 4.27. The van der Waals surface area contributed by atoms with Gasteiger partial charge in [0.25, 0.3) is 5.69 Å². The smallest absolute Gasteiger partial charge is 0.292 e. The summed E-state index contributed by atoms with van der Waals surface area (Å²) in [5, 5.41) is 14.2. The summed E-state index contributed by atoms with van der Waals surface area (Å²) in [5.74, 6) is 0. The van der Waals surface area contributed by atoms with Gasteiger partial charge >= 0.3 is 0 Å². The molecule has 0 unspecified atom stereocenters. The third kappa shape index (κ3) is 4.70. The average Bonchev–Trinajstić information content (AvgIpc) is 2.51. The summed E-state index contributed by atoms with van der Waals surface area (Å²) in [7, 11) is 0. The molecule has 1 N–H and O–H groups in total. The molecule has 21 heavy (non-hydrogen) atoms. The van der Waals surface area contributed by atoms with Gasteiger partial charge in [0.05, 0.1) is 17.6 Å². The number of nitro benzene ring substituents is 1. The van der Waals surface area contributed by atoms with Crippen molar-refractivity contribution >= 4 is 11.4 Å². The highest BCUT2D eigenvalue weighted by atomic mass is 16.6. The molecule has 0 aromatic heterocycles. The summed E-state index contributed by atoms with van der Waals surface area (Å²) >= 11 is 0. The molecule has 1 fully saturated rings.